The lowest BCUT2D eigenvalue weighted by Crippen LogP contribution is -2.35. The van der Waals surface area contributed by atoms with Gasteiger partial charge in [0.1, 0.15) is 0 Å². The largest absolute Gasteiger partial charge is 0.334 e. The molecular weight excluding hydrogens is 278 g/mol. The van der Waals surface area contributed by atoms with E-state index in [4.69, 9.17) is 0 Å². The highest BCUT2D eigenvalue weighted by molar-refractivity contribution is 6.13. The fourth-order valence-corrected chi connectivity index (χ4v) is 4.51. The molecule has 2 aromatic rings. The molecule has 5 heteroatoms. The number of rotatable bonds is 2. The minimum absolute atomic E-state index is 0.0948. The number of pyridine rings is 1. The second-order valence-corrected chi connectivity index (χ2v) is 7.38. The van der Waals surface area contributed by atoms with Gasteiger partial charge in [0.05, 0.1) is 23.1 Å². The van der Waals surface area contributed by atoms with E-state index in [0.717, 1.165) is 18.4 Å². The fourth-order valence-electron chi connectivity index (χ4n) is 4.51. The Bertz CT molecular complexity index is 774. The summed E-state index contributed by atoms with van der Waals surface area (Å²) in [4.78, 5) is 37.2. The van der Waals surface area contributed by atoms with Gasteiger partial charge in [-0.15, -0.1) is 0 Å². The first-order valence-electron chi connectivity index (χ1n) is 7.74. The smallest absolute Gasteiger partial charge is 0.208 e. The fraction of sp³-hybridized carbons (Fsp3) is 0.529. The summed E-state index contributed by atoms with van der Waals surface area (Å²) in [7, 11) is 0. The van der Waals surface area contributed by atoms with Crippen molar-refractivity contribution in [2.45, 2.75) is 33.6 Å². The van der Waals surface area contributed by atoms with Crippen molar-refractivity contribution in [3.63, 3.8) is 0 Å². The molecule has 2 saturated carbocycles. The summed E-state index contributed by atoms with van der Waals surface area (Å²) in [6, 6.07) is 1.76. The maximum absolute atomic E-state index is 12.9. The van der Waals surface area contributed by atoms with Crippen molar-refractivity contribution < 1.29 is 9.59 Å². The number of imidazole rings is 1. The highest BCUT2D eigenvalue weighted by atomic mass is 16.2. The quantitative estimate of drug-likeness (QED) is 0.683. The second-order valence-electron chi connectivity index (χ2n) is 7.38. The summed E-state index contributed by atoms with van der Waals surface area (Å²) in [5.74, 6) is -0.223. The Morgan fingerprint density at radius 1 is 1.36 bits per heavy atom. The monoisotopic (exact) mass is 297 g/mol. The van der Waals surface area contributed by atoms with E-state index in [1.165, 1.54) is 0 Å². The van der Waals surface area contributed by atoms with Crippen molar-refractivity contribution in [1.82, 2.24) is 15.0 Å². The molecule has 2 bridgehead atoms. The number of nitrogens with one attached hydrogen (secondary N) is 1. The van der Waals surface area contributed by atoms with E-state index in [1.54, 1.807) is 18.5 Å². The van der Waals surface area contributed by atoms with Crippen molar-refractivity contribution >= 4 is 22.6 Å². The third-order valence-corrected chi connectivity index (χ3v) is 6.33. The van der Waals surface area contributed by atoms with E-state index in [9.17, 15) is 9.59 Å². The van der Waals surface area contributed by atoms with Gasteiger partial charge < -0.3 is 4.98 Å². The lowest BCUT2D eigenvalue weighted by Gasteiger charge is -2.32. The van der Waals surface area contributed by atoms with Crippen molar-refractivity contribution in [2.75, 3.05) is 0 Å². The van der Waals surface area contributed by atoms with Gasteiger partial charge in [-0.1, -0.05) is 20.8 Å². The van der Waals surface area contributed by atoms with Gasteiger partial charge in [0.2, 0.25) is 5.78 Å². The molecule has 0 aromatic carbocycles. The van der Waals surface area contributed by atoms with Gasteiger partial charge in [-0.05, 0) is 30.2 Å². The number of H-pyrrole nitrogens is 1. The summed E-state index contributed by atoms with van der Waals surface area (Å²) >= 11 is 0. The lowest BCUT2D eigenvalue weighted by molar-refractivity contribution is -0.130. The molecule has 22 heavy (non-hydrogen) atoms. The van der Waals surface area contributed by atoms with Gasteiger partial charge in [-0.2, -0.15) is 0 Å². The molecule has 0 saturated heterocycles. The third-order valence-electron chi connectivity index (χ3n) is 6.33. The molecule has 2 aliphatic rings. The van der Waals surface area contributed by atoms with Gasteiger partial charge in [-0.25, -0.2) is 4.98 Å². The molecule has 1 N–H and O–H groups in total. The topological polar surface area (TPSA) is 75.7 Å². The minimum Gasteiger partial charge on any atom is -0.334 e. The summed E-state index contributed by atoms with van der Waals surface area (Å²) in [6.07, 6.45) is 5.11. The average molecular weight is 297 g/mol. The molecule has 2 aromatic heterocycles. The van der Waals surface area contributed by atoms with Crippen LogP contribution in [-0.2, 0) is 4.79 Å². The number of aromatic amines is 1. The van der Waals surface area contributed by atoms with Crippen LogP contribution >= 0.6 is 0 Å². The van der Waals surface area contributed by atoms with Crippen molar-refractivity contribution in [3.8, 4) is 0 Å². The van der Waals surface area contributed by atoms with Crippen molar-refractivity contribution in [3.05, 3.63) is 24.3 Å². The molecule has 0 spiro atoms. The van der Waals surface area contributed by atoms with Crippen LogP contribution in [0.1, 0.15) is 44.2 Å². The van der Waals surface area contributed by atoms with Crippen molar-refractivity contribution in [1.29, 1.82) is 0 Å². The number of hydrogen-bond donors (Lipinski definition) is 1. The van der Waals surface area contributed by atoms with Crippen LogP contribution in [0.2, 0.25) is 0 Å². The van der Waals surface area contributed by atoms with E-state index in [0.29, 0.717) is 5.52 Å². The molecule has 3 atom stereocenters. The Kier molecular flexibility index (Phi) is 2.49. The van der Waals surface area contributed by atoms with E-state index < -0.39 is 5.92 Å². The standard InChI is InChI=1S/C17H19N3O2/c1-16(2)9-4-6-17(16,3)14(22)12(9)13(21)15-19-10-5-7-18-8-11(10)20-15/h5,7-9,12H,4,6H2,1-3H3,(H,19,20). The molecule has 114 valence electrons. The first-order valence-corrected chi connectivity index (χ1v) is 7.74. The SMILES string of the molecule is CC12CCC(C(C(=O)c3nc4ccncc4[nH]3)C1=O)C2(C)C. The number of carbonyl (C=O) groups is 2. The summed E-state index contributed by atoms with van der Waals surface area (Å²) in [5, 5.41) is 0. The Labute approximate surface area is 128 Å². The van der Waals surface area contributed by atoms with Gasteiger partial charge in [0.15, 0.2) is 11.6 Å². The number of nitrogens with zero attached hydrogens (tertiary/aromatic N) is 2. The minimum atomic E-state index is -0.553. The Hall–Kier alpha value is -2.04. The van der Waals surface area contributed by atoms with E-state index >= 15 is 0 Å². The van der Waals surface area contributed by atoms with Crippen LogP contribution in [0.3, 0.4) is 0 Å². The Balaban J connectivity index is 1.76. The average Bonchev–Trinajstić information content (AvgIpc) is 3.05. The van der Waals surface area contributed by atoms with Gasteiger partial charge in [0, 0.05) is 11.6 Å². The zero-order valence-electron chi connectivity index (χ0n) is 13.0. The van der Waals surface area contributed by atoms with Crippen LogP contribution in [0.25, 0.3) is 11.0 Å². The number of aromatic nitrogens is 3. The van der Waals surface area contributed by atoms with Gasteiger partial charge in [-0.3, -0.25) is 14.6 Å². The predicted molar refractivity (Wildman–Crippen MR) is 81.3 cm³/mol. The molecule has 3 unspecified atom stereocenters. The normalized spacial score (nSPS) is 32.8. The molecule has 0 amide bonds. The van der Waals surface area contributed by atoms with E-state index in [-0.39, 0.29) is 34.1 Å². The second kappa shape index (κ2) is 4.03. The molecule has 2 aliphatic carbocycles. The number of carbonyl (C=O) groups excluding carboxylic acids is 2. The van der Waals surface area contributed by atoms with Crippen LogP contribution < -0.4 is 0 Å². The van der Waals surface area contributed by atoms with E-state index in [1.807, 2.05) is 6.92 Å². The van der Waals surface area contributed by atoms with Crippen molar-refractivity contribution in [2.24, 2.45) is 22.7 Å². The molecule has 2 heterocycles. The number of hydrogen-bond acceptors (Lipinski definition) is 4. The summed E-state index contributed by atoms with van der Waals surface area (Å²) < 4.78 is 0. The van der Waals surface area contributed by atoms with Gasteiger partial charge >= 0.3 is 0 Å². The van der Waals surface area contributed by atoms with Crippen LogP contribution in [0.4, 0.5) is 0 Å². The zero-order valence-corrected chi connectivity index (χ0v) is 13.0. The Morgan fingerprint density at radius 2 is 2.14 bits per heavy atom. The van der Waals surface area contributed by atoms with Gasteiger partial charge in [0.25, 0.3) is 0 Å². The molecule has 4 rings (SSSR count). The third kappa shape index (κ3) is 1.44. The van der Waals surface area contributed by atoms with Crippen LogP contribution in [0.5, 0.6) is 0 Å². The lowest BCUT2D eigenvalue weighted by atomic mass is 9.70. The van der Waals surface area contributed by atoms with Crippen LogP contribution in [-0.4, -0.2) is 26.5 Å². The highest BCUT2D eigenvalue weighted by Gasteiger charge is 2.67. The maximum atomic E-state index is 12.9. The first kappa shape index (κ1) is 13.6. The Morgan fingerprint density at radius 3 is 2.77 bits per heavy atom. The summed E-state index contributed by atoms with van der Waals surface area (Å²) in [6.45, 7) is 6.27. The van der Waals surface area contributed by atoms with Crippen LogP contribution in [0.15, 0.2) is 18.5 Å². The van der Waals surface area contributed by atoms with Crippen LogP contribution in [0, 0.1) is 22.7 Å². The molecule has 5 nitrogen and oxygen atoms in total. The number of fused-ring (bicyclic) bond motifs is 3. The molecule has 0 aliphatic heterocycles. The maximum Gasteiger partial charge on any atom is 0.208 e. The zero-order chi connectivity index (χ0) is 15.7. The molecule has 0 radical (unpaired) electrons. The summed E-state index contributed by atoms with van der Waals surface area (Å²) in [5.41, 5.74) is 0.926. The number of ketones is 2. The van der Waals surface area contributed by atoms with E-state index in [2.05, 4.69) is 28.8 Å². The first-order chi connectivity index (χ1) is 10.4. The predicted octanol–water partition coefficient (Wildman–Crippen LogP) is 2.78. The highest BCUT2D eigenvalue weighted by Crippen LogP contribution is 2.66. The number of Topliss-reactive ketones (excluding diaryl/α,β-unsaturated/α-hetero) is 2. The molecular formula is C17H19N3O2. The molecule has 2 fully saturated rings.